The van der Waals surface area contributed by atoms with E-state index in [4.69, 9.17) is 0 Å². The largest absolute Gasteiger partial charge is 0.336 e. The van der Waals surface area contributed by atoms with Gasteiger partial charge < -0.3 is 4.90 Å². The van der Waals surface area contributed by atoms with Crippen molar-refractivity contribution in [2.75, 3.05) is 26.2 Å². The molecule has 4 aromatic rings. The molecule has 4 heterocycles. The normalized spacial score (nSPS) is 15.6. The quantitative estimate of drug-likeness (QED) is 0.551. The summed E-state index contributed by atoms with van der Waals surface area (Å²) in [5.41, 5.74) is 5.70. The third-order valence-electron chi connectivity index (χ3n) is 5.04. The van der Waals surface area contributed by atoms with Gasteiger partial charge in [0, 0.05) is 44.5 Å². The van der Waals surface area contributed by atoms with Crippen LogP contribution in [0.1, 0.15) is 16.1 Å². The molecule has 0 unspecified atom stereocenters. The second-order valence-corrected chi connectivity index (χ2v) is 7.70. The average molecular weight is 377 g/mol. The van der Waals surface area contributed by atoms with Crippen molar-refractivity contribution >= 4 is 33.0 Å². The van der Waals surface area contributed by atoms with E-state index in [-0.39, 0.29) is 5.91 Å². The number of carbonyl (C=O) groups is 1. The van der Waals surface area contributed by atoms with Crippen molar-refractivity contribution in [3.8, 4) is 0 Å². The molecule has 0 spiro atoms. The fraction of sp³-hybridized carbons (Fsp3) is 0.250. The molecule has 1 amide bonds. The summed E-state index contributed by atoms with van der Waals surface area (Å²) >= 11 is 1.57. The van der Waals surface area contributed by atoms with Crippen molar-refractivity contribution < 1.29 is 4.79 Å². The molecule has 1 fully saturated rings. The first-order chi connectivity index (χ1) is 13.3. The number of hydrogen-bond acceptors (Lipinski definition) is 5. The topological polar surface area (TPSA) is 53.7 Å². The van der Waals surface area contributed by atoms with Gasteiger partial charge in [0.25, 0.3) is 5.91 Å². The Kier molecular flexibility index (Phi) is 4.10. The zero-order chi connectivity index (χ0) is 18.2. The highest BCUT2D eigenvalue weighted by Crippen LogP contribution is 2.20. The van der Waals surface area contributed by atoms with Crippen molar-refractivity contribution in [2.45, 2.75) is 6.54 Å². The molecule has 136 valence electrons. The van der Waals surface area contributed by atoms with E-state index in [0.717, 1.165) is 59.7 Å². The van der Waals surface area contributed by atoms with E-state index in [9.17, 15) is 4.79 Å². The van der Waals surface area contributed by atoms with Gasteiger partial charge in [0.2, 0.25) is 0 Å². The lowest BCUT2D eigenvalue weighted by Crippen LogP contribution is -2.48. The lowest BCUT2D eigenvalue weighted by atomic mass is 10.1. The van der Waals surface area contributed by atoms with Crippen molar-refractivity contribution in [1.29, 1.82) is 0 Å². The molecule has 1 saturated heterocycles. The van der Waals surface area contributed by atoms with E-state index in [1.165, 1.54) is 0 Å². The molecule has 1 aliphatic heterocycles. The summed E-state index contributed by atoms with van der Waals surface area (Å²) < 4.78 is 2.97. The monoisotopic (exact) mass is 377 g/mol. The summed E-state index contributed by atoms with van der Waals surface area (Å²) in [6, 6.07) is 14.0. The number of thiazole rings is 1. The van der Waals surface area contributed by atoms with Crippen LogP contribution in [0.4, 0.5) is 0 Å². The van der Waals surface area contributed by atoms with Crippen LogP contribution in [0.3, 0.4) is 0 Å². The minimum Gasteiger partial charge on any atom is -0.336 e. The van der Waals surface area contributed by atoms with Crippen LogP contribution < -0.4 is 0 Å². The summed E-state index contributed by atoms with van der Waals surface area (Å²) in [6.07, 6.45) is 1.97. The van der Waals surface area contributed by atoms with Gasteiger partial charge in [0.05, 0.1) is 26.9 Å². The maximum atomic E-state index is 12.8. The third kappa shape index (κ3) is 3.20. The summed E-state index contributed by atoms with van der Waals surface area (Å²) in [5, 5.41) is 4.62. The minimum absolute atomic E-state index is 0.109. The van der Waals surface area contributed by atoms with E-state index in [1.54, 1.807) is 11.3 Å². The van der Waals surface area contributed by atoms with Crippen LogP contribution in [0.25, 0.3) is 15.7 Å². The number of pyridine rings is 1. The van der Waals surface area contributed by atoms with Crippen molar-refractivity contribution in [2.24, 2.45) is 0 Å². The van der Waals surface area contributed by atoms with Crippen LogP contribution in [0, 0.1) is 0 Å². The molecular formula is C20H19N5OS. The van der Waals surface area contributed by atoms with Gasteiger partial charge in [0.1, 0.15) is 0 Å². The van der Waals surface area contributed by atoms with Crippen LogP contribution in [0.5, 0.6) is 0 Å². The van der Waals surface area contributed by atoms with Crippen LogP contribution in [0.15, 0.2) is 54.2 Å². The molecule has 1 aromatic carbocycles. The minimum atomic E-state index is 0.109. The van der Waals surface area contributed by atoms with Crippen LogP contribution in [-0.2, 0) is 6.54 Å². The standard InChI is InChI=1S/C20H19N5OS/c26-20(15-4-5-18-19(11-15)27-14-21-18)24-9-7-23(8-10-24)13-16-12-17-3-1-2-6-25(17)22-16/h1-6,11-12,14H,7-10,13H2. The third-order valence-corrected chi connectivity index (χ3v) is 5.84. The molecule has 0 saturated carbocycles. The smallest absolute Gasteiger partial charge is 0.253 e. The Morgan fingerprint density at radius 3 is 2.81 bits per heavy atom. The van der Waals surface area contributed by atoms with Gasteiger partial charge in [-0.25, -0.2) is 9.50 Å². The van der Waals surface area contributed by atoms with Crippen LogP contribution in [0.2, 0.25) is 0 Å². The van der Waals surface area contributed by atoms with Crippen LogP contribution >= 0.6 is 11.3 Å². The SMILES string of the molecule is O=C(c1ccc2ncsc2c1)N1CCN(Cc2cc3ccccn3n2)CC1. The highest BCUT2D eigenvalue weighted by atomic mass is 32.1. The van der Waals surface area contributed by atoms with Gasteiger partial charge in [-0.15, -0.1) is 11.3 Å². The van der Waals surface area contributed by atoms with E-state index in [0.29, 0.717) is 0 Å². The molecule has 6 nitrogen and oxygen atoms in total. The van der Waals surface area contributed by atoms with Gasteiger partial charge in [0.15, 0.2) is 0 Å². The number of carbonyl (C=O) groups excluding carboxylic acids is 1. The first-order valence-electron chi connectivity index (χ1n) is 9.04. The predicted octanol–water partition coefficient (Wildman–Crippen LogP) is 2.90. The molecule has 27 heavy (non-hydrogen) atoms. The Morgan fingerprint density at radius 1 is 1.07 bits per heavy atom. The molecule has 5 rings (SSSR count). The second kappa shape index (κ2) is 6.75. The zero-order valence-electron chi connectivity index (χ0n) is 14.8. The number of aromatic nitrogens is 3. The molecule has 3 aromatic heterocycles. The molecule has 1 aliphatic rings. The Labute approximate surface area is 160 Å². The highest BCUT2D eigenvalue weighted by molar-refractivity contribution is 7.16. The van der Waals surface area contributed by atoms with Gasteiger partial charge in [-0.2, -0.15) is 5.10 Å². The van der Waals surface area contributed by atoms with Crippen LogP contribution in [-0.4, -0.2) is 56.5 Å². The Hall–Kier alpha value is -2.77. The molecule has 7 heteroatoms. The number of fused-ring (bicyclic) bond motifs is 2. The van der Waals surface area contributed by atoms with Crippen molar-refractivity contribution in [1.82, 2.24) is 24.4 Å². The lowest BCUT2D eigenvalue weighted by molar-refractivity contribution is 0.0627. The zero-order valence-corrected chi connectivity index (χ0v) is 15.6. The maximum Gasteiger partial charge on any atom is 0.253 e. The fourth-order valence-electron chi connectivity index (χ4n) is 3.58. The molecule has 0 bridgehead atoms. The van der Waals surface area contributed by atoms with E-state index >= 15 is 0 Å². The predicted molar refractivity (Wildman–Crippen MR) is 106 cm³/mol. The van der Waals surface area contributed by atoms with E-state index in [2.05, 4.69) is 27.1 Å². The van der Waals surface area contributed by atoms with Gasteiger partial charge in [-0.3, -0.25) is 9.69 Å². The van der Waals surface area contributed by atoms with Crippen molar-refractivity contribution in [3.63, 3.8) is 0 Å². The average Bonchev–Trinajstić information content (AvgIpc) is 3.33. The number of amides is 1. The molecular weight excluding hydrogens is 358 g/mol. The highest BCUT2D eigenvalue weighted by Gasteiger charge is 2.23. The first kappa shape index (κ1) is 16.4. The summed E-state index contributed by atoms with van der Waals surface area (Å²) in [6.45, 7) is 4.03. The molecule has 0 radical (unpaired) electrons. The Morgan fingerprint density at radius 2 is 1.96 bits per heavy atom. The van der Waals surface area contributed by atoms with E-state index in [1.807, 2.05) is 51.5 Å². The number of hydrogen-bond donors (Lipinski definition) is 0. The fourth-order valence-corrected chi connectivity index (χ4v) is 4.29. The van der Waals surface area contributed by atoms with Gasteiger partial charge in [-0.05, 0) is 36.4 Å². The second-order valence-electron chi connectivity index (χ2n) is 6.81. The van der Waals surface area contributed by atoms with Crippen molar-refractivity contribution in [3.05, 3.63) is 65.4 Å². The Balaban J connectivity index is 1.23. The van der Waals surface area contributed by atoms with E-state index < -0.39 is 0 Å². The molecule has 0 atom stereocenters. The number of nitrogens with zero attached hydrogens (tertiary/aromatic N) is 5. The maximum absolute atomic E-state index is 12.8. The Bertz CT molecular complexity index is 1080. The first-order valence-corrected chi connectivity index (χ1v) is 9.92. The number of benzene rings is 1. The molecule has 0 aliphatic carbocycles. The molecule has 0 N–H and O–H groups in total. The summed E-state index contributed by atoms with van der Waals surface area (Å²) in [5.74, 6) is 0.109. The summed E-state index contributed by atoms with van der Waals surface area (Å²) in [7, 11) is 0. The summed E-state index contributed by atoms with van der Waals surface area (Å²) in [4.78, 5) is 21.4. The van der Waals surface area contributed by atoms with Gasteiger partial charge >= 0.3 is 0 Å². The number of rotatable bonds is 3. The van der Waals surface area contributed by atoms with Gasteiger partial charge in [-0.1, -0.05) is 6.07 Å². The lowest BCUT2D eigenvalue weighted by Gasteiger charge is -2.34. The number of piperazine rings is 1.